The van der Waals surface area contributed by atoms with Gasteiger partial charge >= 0.3 is 0 Å². The number of azo groups is 1. The Morgan fingerprint density at radius 1 is 1.00 bits per heavy atom. The quantitative estimate of drug-likeness (QED) is 0.757. The lowest BCUT2D eigenvalue weighted by Crippen LogP contribution is -2.07. The Kier molecular flexibility index (Phi) is 4.18. The summed E-state index contributed by atoms with van der Waals surface area (Å²) in [5.74, 6) is 0. The highest BCUT2D eigenvalue weighted by atomic mass is 32.1. The van der Waals surface area contributed by atoms with Crippen LogP contribution in [0.15, 0.2) is 22.4 Å². The van der Waals surface area contributed by atoms with E-state index in [-0.39, 0.29) is 0 Å². The lowest BCUT2D eigenvalue weighted by molar-refractivity contribution is 1.08. The van der Waals surface area contributed by atoms with E-state index in [0.29, 0.717) is 0 Å². The molecular formula is C15H20N4S. The van der Waals surface area contributed by atoms with Crippen molar-refractivity contribution in [3.05, 3.63) is 34.5 Å². The molecule has 0 saturated carbocycles. The minimum Gasteiger partial charge on any atom is -0.354 e. The Labute approximate surface area is 124 Å². The Balaban J connectivity index is 2.37. The molecule has 0 aliphatic rings. The summed E-state index contributed by atoms with van der Waals surface area (Å²) in [6.07, 6.45) is 0. The van der Waals surface area contributed by atoms with Crippen molar-refractivity contribution < 1.29 is 0 Å². The minimum atomic E-state index is 0.869. The van der Waals surface area contributed by atoms with E-state index in [4.69, 9.17) is 0 Å². The molecular weight excluding hydrogens is 268 g/mol. The summed E-state index contributed by atoms with van der Waals surface area (Å²) >= 11 is 1.56. The van der Waals surface area contributed by atoms with Crippen LogP contribution in [0.5, 0.6) is 0 Å². The first-order valence-corrected chi connectivity index (χ1v) is 7.35. The van der Waals surface area contributed by atoms with Gasteiger partial charge in [-0.05, 0) is 44.4 Å². The molecule has 4 nitrogen and oxygen atoms in total. The lowest BCUT2D eigenvalue weighted by atomic mass is 10.0. The van der Waals surface area contributed by atoms with E-state index in [9.17, 15) is 0 Å². The zero-order chi connectivity index (χ0) is 14.9. The summed E-state index contributed by atoms with van der Waals surface area (Å²) in [5, 5.41) is 10.7. The Morgan fingerprint density at radius 2 is 1.65 bits per heavy atom. The molecule has 1 heterocycles. The third kappa shape index (κ3) is 2.88. The second-order valence-corrected chi connectivity index (χ2v) is 6.11. The van der Waals surface area contributed by atoms with Gasteiger partial charge < -0.3 is 4.90 Å². The summed E-state index contributed by atoms with van der Waals surface area (Å²) < 4.78 is 0. The molecule has 0 atom stereocenters. The summed E-state index contributed by atoms with van der Waals surface area (Å²) in [4.78, 5) is 6.46. The fraction of sp³-hybridized carbons (Fsp3) is 0.400. The number of hydrogen-bond donors (Lipinski definition) is 0. The molecule has 106 valence electrons. The van der Waals surface area contributed by atoms with E-state index in [0.717, 1.165) is 27.1 Å². The molecule has 0 N–H and O–H groups in total. The molecule has 0 aliphatic heterocycles. The molecule has 0 saturated heterocycles. The van der Waals surface area contributed by atoms with E-state index in [2.05, 4.69) is 48.1 Å². The number of thiazole rings is 1. The molecule has 2 aromatic rings. The largest absolute Gasteiger partial charge is 0.354 e. The average Bonchev–Trinajstić information content (AvgIpc) is 2.76. The number of aryl methyl sites for hydroxylation is 3. The molecule has 0 bridgehead atoms. The highest BCUT2D eigenvalue weighted by Crippen LogP contribution is 2.34. The van der Waals surface area contributed by atoms with Crippen LogP contribution in [0, 0.1) is 27.7 Å². The highest BCUT2D eigenvalue weighted by Gasteiger charge is 2.09. The molecule has 0 spiro atoms. The number of hydrogen-bond acceptors (Lipinski definition) is 5. The molecule has 0 fully saturated rings. The van der Waals surface area contributed by atoms with Crippen LogP contribution in [-0.2, 0) is 0 Å². The zero-order valence-electron chi connectivity index (χ0n) is 12.9. The molecule has 1 aromatic carbocycles. The first-order valence-electron chi connectivity index (χ1n) is 6.53. The van der Waals surface area contributed by atoms with Crippen molar-refractivity contribution in [3.63, 3.8) is 0 Å². The van der Waals surface area contributed by atoms with E-state index < -0.39 is 0 Å². The van der Waals surface area contributed by atoms with Crippen LogP contribution < -0.4 is 4.90 Å². The van der Waals surface area contributed by atoms with Gasteiger partial charge in [0.15, 0.2) is 10.1 Å². The van der Waals surface area contributed by atoms with E-state index in [1.165, 1.54) is 11.1 Å². The van der Waals surface area contributed by atoms with E-state index >= 15 is 0 Å². The maximum absolute atomic E-state index is 4.48. The van der Waals surface area contributed by atoms with Gasteiger partial charge in [0.05, 0.1) is 11.4 Å². The van der Waals surface area contributed by atoms with Crippen LogP contribution >= 0.6 is 11.3 Å². The Morgan fingerprint density at radius 3 is 2.25 bits per heavy atom. The van der Waals surface area contributed by atoms with Crippen molar-refractivity contribution in [1.29, 1.82) is 0 Å². The lowest BCUT2D eigenvalue weighted by Gasteiger charge is -2.06. The number of benzene rings is 1. The van der Waals surface area contributed by atoms with Gasteiger partial charge in [0.25, 0.3) is 0 Å². The third-order valence-electron chi connectivity index (χ3n) is 3.29. The summed E-state index contributed by atoms with van der Waals surface area (Å²) in [6, 6.07) is 4.20. The molecule has 0 unspecified atom stereocenters. The van der Waals surface area contributed by atoms with Gasteiger partial charge in [-0.2, -0.15) is 0 Å². The minimum absolute atomic E-state index is 0.869. The number of anilines is 1. The van der Waals surface area contributed by atoms with Crippen molar-refractivity contribution in [1.82, 2.24) is 4.98 Å². The average molecular weight is 288 g/mol. The van der Waals surface area contributed by atoms with Crippen LogP contribution in [0.25, 0.3) is 0 Å². The van der Waals surface area contributed by atoms with Crippen molar-refractivity contribution in [2.75, 3.05) is 19.0 Å². The molecule has 0 radical (unpaired) electrons. The summed E-state index contributed by atoms with van der Waals surface area (Å²) in [7, 11) is 3.96. The van der Waals surface area contributed by atoms with Crippen LogP contribution in [-0.4, -0.2) is 19.1 Å². The SMILES string of the molecule is Cc1ccc(C)c(N=Nc2sc(N(C)C)nc2C)c1C. The Hall–Kier alpha value is -1.75. The van der Waals surface area contributed by atoms with Crippen LogP contribution in [0.3, 0.4) is 0 Å². The molecule has 2 rings (SSSR count). The van der Waals surface area contributed by atoms with Gasteiger partial charge in [0.2, 0.25) is 0 Å². The van der Waals surface area contributed by atoms with Crippen LogP contribution in [0.4, 0.5) is 15.8 Å². The van der Waals surface area contributed by atoms with Gasteiger partial charge in [0, 0.05) is 14.1 Å². The van der Waals surface area contributed by atoms with Gasteiger partial charge in [-0.3, -0.25) is 0 Å². The maximum Gasteiger partial charge on any atom is 0.187 e. The first-order chi connectivity index (χ1) is 9.40. The van der Waals surface area contributed by atoms with E-state index in [1.807, 2.05) is 25.9 Å². The molecule has 20 heavy (non-hydrogen) atoms. The monoisotopic (exact) mass is 288 g/mol. The predicted octanol–water partition coefficient (Wildman–Crippen LogP) is 4.86. The fourth-order valence-electron chi connectivity index (χ4n) is 1.84. The highest BCUT2D eigenvalue weighted by molar-refractivity contribution is 7.19. The zero-order valence-corrected chi connectivity index (χ0v) is 13.7. The van der Waals surface area contributed by atoms with Crippen molar-refractivity contribution in [2.24, 2.45) is 10.2 Å². The summed E-state index contributed by atoms with van der Waals surface area (Å²) in [5.41, 5.74) is 5.45. The van der Waals surface area contributed by atoms with Crippen LogP contribution in [0.2, 0.25) is 0 Å². The normalized spacial score (nSPS) is 11.3. The predicted molar refractivity (Wildman–Crippen MR) is 86.0 cm³/mol. The maximum atomic E-state index is 4.48. The molecule has 5 heteroatoms. The second-order valence-electron chi connectivity index (χ2n) is 5.15. The molecule has 0 amide bonds. The Bertz CT molecular complexity index is 656. The number of nitrogens with zero attached hydrogens (tertiary/aromatic N) is 4. The van der Waals surface area contributed by atoms with Crippen molar-refractivity contribution in [3.8, 4) is 0 Å². The number of rotatable bonds is 3. The van der Waals surface area contributed by atoms with Gasteiger partial charge in [0.1, 0.15) is 0 Å². The summed E-state index contributed by atoms with van der Waals surface area (Å²) in [6.45, 7) is 8.21. The first kappa shape index (κ1) is 14.7. The van der Waals surface area contributed by atoms with Crippen molar-refractivity contribution >= 4 is 27.2 Å². The molecule has 1 aromatic heterocycles. The fourth-order valence-corrected chi connectivity index (χ4v) is 2.66. The van der Waals surface area contributed by atoms with Crippen molar-refractivity contribution in [2.45, 2.75) is 27.7 Å². The third-order valence-corrected chi connectivity index (χ3v) is 4.50. The van der Waals surface area contributed by atoms with Crippen LogP contribution in [0.1, 0.15) is 22.4 Å². The van der Waals surface area contributed by atoms with E-state index in [1.54, 1.807) is 11.3 Å². The topological polar surface area (TPSA) is 40.9 Å². The van der Waals surface area contributed by atoms with Gasteiger partial charge in [-0.25, -0.2) is 4.98 Å². The van der Waals surface area contributed by atoms with Gasteiger partial charge in [-0.1, -0.05) is 23.5 Å². The number of aromatic nitrogens is 1. The second kappa shape index (κ2) is 5.71. The standard InChI is InChI=1S/C15H20N4S/c1-9-7-8-10(2)13(11(9)3)17-18-14-12(4)16-15(20-14)19(5)6/h7-8H,1-6H3. The smallest absolute Gasteiger partial charge is 0.187 e. The van der Waals surface area contributed by atoms with Gasteiger partial charge in [-0.15, -0.1) is 10.2 Å². The molecule has 0 aliphatic carbocycles.